The van der Waals surface area contributed by atoms with Crippen molar-refractivity contribution >= 4 is 23.5 Å². The maximum atomic E-state index is 13.2. The summed E-state index contributed by atoms with van der Waals surface area (Å²) < 4.78 is 0. The molecule has 3 heterocycles. The average molecular weight is 425 g/mol. The fourth-order valence-electron chi connectivity index (χ4n) is 4.04. The number of urea groups is 1. The van der Waals surface area contributed by atoms with Crippen LogP contribution >= 0.6 is 0 Å². The van der Waals surface area contributed by atoms with Crippen molar-refractivity contribution in [2.24, 2.45) is 0 Å². The first-order valence-electron chi connectivity index (χ1n) is 10.3. The number of H-pyrrole nitrogens is 1. The van der Waals surface area contributed by atoms with Crippen LogP contribution in [0.4, 0.5) is 22.2 Å². The topological polar surface area (TPSA) is 104 Å². The van der Waals surface area contributed by atoms with Crippen molar-refractivity contribution in [3.63, 3.8) is 0 Å². The fraction of sp³-hybridized carbons (Fsp3) is 0.167. The summed E-state index contributed by atoms with van der Waals surface area (Å²) >= 11 is 0. The Morgan fingerprint density at radius 1 is 1.03 bits per heavy atom. The van der Waals surface area contributed by atoms with Crippen LogP contribution in [0.5, 0.6) is 0 Å². The fourth-order valence-corrected chi connectivity index (χ4v) is 4.04. The lowest BCUT2D eigenvalue weighted by Crippen LogP contribution is -2.46. The molecule has 5 rings (SSSR count). The predicted molar refractivity (Wildman–Crippen MR) is 125 cm³/mol. The van der Waals surface area contributed by atoms with Crippen molar-refractivity contribution in [1.82, 2.24) is 19.9 Å². The number of aryl methyl sites for hydroxylation is 2. The van der Waals surface area contributed by atoms with Crippen LogP contribution in [0.1, 0.15) is 16.7 Å². The molecular formula is C24H23N7O. The molecule has 8 nitrogen and oxygen atoms in total. The van der Waals surface area contributed by atoms with Gasteiger partial charge in [-0.15, -0.1) is 0 Å². The van der Waals surface area contributed by atoms with Crippen LogP contribution in [0.3, 0.4) is 0 Å². The number of hydrogen-bond donors (Lipinski definition) is 2. The lowest BCUT2D eigenvalue weighted by atomic mass is 10.1. The number of nitrogens with two attached hydrogens (primary N) is 1. The highest BCUT2D eigenvalue weighted by atomic mass is 16.2. The summed E-state index contributed by atoms with van der Waals surface area (Å²) in [5.41, 5.74) is 12.5. The number of amides is 2. The third kappa shape index (κ3) is 3.26. The van der Waals surface area contributed by atoms with E-state index in [-0.39, 0.29) is 12.0 Å². The second-order valence-corrected chi connectivity index (χ2v) is 7.97. The van der Waals surface area contributed by atoms with E-state index < -0.39 is 0 Å². The van der Waals surface area contributed by atoms with E-state index in [1.165, 1.54) is 10.5 Å². The molecule has 0 bridgehead atoms. The first-order chi connectivity index (χ1) is 15.4. The summed E-state index contributed by atoms with van der Waals surface area (Å²) in [6.45, 7) is 4.44. The van der Waals surface area contributed by atoms with Crippen LogP contribution in [0.15, 0.2) is 54.9 Å². The number of benzene rings is 2. The molecule has 1 aliphatic heterocycles. The number of rotatable bonds is 3. The van der Waals surface area contributed by atoms with Crippen LogP contribution in [0.25, 0.3) is 22.6 Å². The zero-order valence-corrected chi connectivity index (χ0v) is 18.1. The van der Waals surface area contributed by atoms with Crippen molar-refractivity contribution in [3.8, 4) is 22.6 Å². The van der Waals surface area contributed by atoms with Crippen LogP contribution in [0.2, 0.25) is 0 Å². The van der Waals surface area contributed by atoms with Gasteiger partial charge < -0.3 is 10.7 Å². The van der Waals surface area contributed by atoms with Crippen LogP contribution in [-0.4, -0.2) is 33.0 Å². The first kappa shape index (κ1) is 19.7. The average Bonchev–Trinajstić information content (AvgIpc) is 3.27. The summed E-state index contributed by atoms with van der Waals surface area (Å²) in [4.78, 5) is 32.7. The van der Waals surface area contributed by atoms with Gasteiger partial charge in [0.05, 0.1) is 18.4 Å². The van der Waals surface area contributed by atoms with Crippen LogP contribution in [-0.2, 0) is 6.54 Å². The van der Waals surface area contributed by atoms with Gasteiger partial charge >= 0.3 is 6.03 Å². The minimum atomic E-state index is -0.170. The minimum Gasteiger partial charge on any atom is -0.368 e. The highest BCUT2D eigenvalue weighted by Crippen LogP contribution is 2.34. The number of imidazole rings is 1. The molecule has 2 aromatic carbocycles. The van der Waals surface area contributed by atoms with Gasteiger partial charge in [0, 0.05) is 35.6 Å². The molecule has 32 heavy (non-hydrogen) atoms. The molecule has 4 aromatic rings. The normalized spacial score (nSPS) is 13.4. The monoisotopic (exact) mass is 425 g/mol. The highest BCUT2D eigenvalue weighted by Gasteiger charge is 2.31. The number of anilines is 3. The van der Waals surface area contributed by atoms with E-state index in [1.54, 1.807) is 18.1 Å². The van der Waals surface area contributed by atoms with E-state index >= 15 is 0 Å². The molecule has 1 aliphatic rings. The maximum absolute atomic E-state index is 13.2. The van der Waals surface area contributed by atoms with Crippen molar-refractivity contribution in [2.75, 3.05) is 22.6 Å². The third-order valence-electron chi connectivity index (χ3n) is 5.81. The summed E-state index contributed by atoms with van der Waals surface area (Å²) in [5.74, 6) is 1.44. The number of fused-ring (bicyclic) bond motifs is 1. The zero-order valence-electron chi connectivity index (χ0n) is 18.1. The largest absolute Gasteiger partial charge is 0.368 e. The molecule has 0 saturated heterocycles. The molecule has 160 valence electrons. The van der Waals surface area contributed by atoms with Gasteiger partial charge in [-0.25, -0.2) is 14.8 Å². The number of carbonyl (C=O) groups excluding carboxylic acids is 1. The van der Waals surface area contributed by atoms with E-state index in [9.17, 15) is 4.79 Å². The van der Waals surface area contributed by atoms with E-state index in [4.69, 9.17) is 5.73 Å². The standard InChI is InChI=1S/C24H23N7O/c1-14-6-4-5-7-18(14)19-12-26-21(28-19)16-9-8-15(2)20(10-16)31-13-17-11-27-23(25)29-22(17)30(3)24(31)32/h4-12H,13H2,1-3H3,(H,26,28)(H2,25,27,29). The van der Waals surface area contributed by atoms with Crippen LogP contribution in [0, 0.1) is 13.8 Å². The molecule has 2 amide bonds. The Bertz CT molecular complexity index is 1340. The number of aromatic nitrogens is 4. The summed E-state index contributed by atoms with van der Waals surface area (Å²) in [6, 6.07) is 14.0. The Kier molecular flexibility index (Phi) is 4.62. The molecule has 8 heteroatoms. The Labute approximate surface area is 185 Å². The second kappa shape index (κ2) is 7.49. The molecule has 0 radical (unpaired) electrons. The smallest absolute Gasteiger partial charge is 0.330 e. The number of nitrogens with one attached hydrogen (secondary N) is 1. The quantitative estimate of drug-likeness (QED) is 0.509. The summed E-state index contributed by atoms with van der Waals surface area (Å²) in [5, 5.41) is 0. The van der Waals surface area contributed by atoms with Gasteiger partial charge in [0.2, 0.25) is 5.95 Å². The highest BCUT2D eigenvalue weighted by molar-refractivity contribution is 6.05. The minimum absolute atomic E-state index is 0.150. The Balaban J connectivity index is 1.52. The van der Waals surface area contributed by atoms with E-state index in [0.29, 0.717) is 12.4 Å². The summed E-state index contributed by atoms with van der Waals surface area (Å²) in [6.07, 6.45) is 3.52. The molecule has 2 aromatic heterocycles. The predicted octanol–water partition coefficient (Wildman–Crippen LogP) is 4.31. The van der Waals surface area contributed by atoms with Gasteiger partial charge in [-0.1, -0.05) is 36.4 Å². The molecule has 0 spiro atoms. The molecule has 0 unspecified atom stereocenters. The van der Waals surface area contributed by atoms with Gasteiger partial charge in [0.1, 0.15) is 11.6 Å². The Hall–Kier alpha value is -4.20. The van der Waals surface area contributed by atoms with Gasteiger partial charge in [0.15, 0.2) is 0 Å². The van der Waals surface area contributed by atoms with E-state index in [2.05, 4.69) is 39.0 Å². The molecule has 3 N–H and O–H groups in total. The maximum Gasteiger partial charge on any atom is 0.330 e. The lowest BCUT2D eigenvalue weighted by Gasteiger charge is -2.34. The first-order valence-corrected chi connectivity index (χ1v) is 10.3. The molecular weight excluding hydrogens is 402 g/mol. The van der Waals surface area contributed by atoms with E-state index in [0.717, 1.165) is 39.5 Å². The van der Waals surface area contributed by atoms with Crippen molar-refractivity contribution < 1.29 is 4.79 Å². The molecule has 0 saturated carbocycles. The van der Waals surface area contributed by atoms with Gasteiger partial charge in [-0.2, -0.15) is 4.98 Å². The number of nitrogens with zero attached hydrogens (tertiary/aromatic N) is 5. The number of aromatic amines is 1. The van der Waals surface area contributed by atoms with Crippen molar-refractivity contribution in [1.29, 1.82) is 0 Å². The number of nitrogen functional groups attached to an aromatic ring is 1. The number of hydrogen-bond acceptors (Lipinski definition) is 5. The molecule has 0 fully saturated rings. The zero-order chi connectivity index (χ0) is 22.4. The molecule has 0 aliphatic carbocycles. The van der Waals surface area contributed by atoms with E-state index in [1.807, 2.05) is 43.5 Å². The van der Waals surface area contributed by atoms with Crippen molar-refractivity contribution in [3.05, 3.63) is 71.5 Å². The Morgan fingerprint density at radius 2 is 1.84 bits per heavy atom. The van der Waals surface area contributed by atoms with Gasteiger partial charge in [0.25, 0.3) is 0 Å². The second-order valence-electron chi connectivity index (χ2n) is 7.97. The Morgan fingerprint density at radius 3 is 2.66 bits per heavy atom. The summed E-state index contributed by atoms with van der Waals surface area (Å²) in [7, 11) is 1.69. The third-order valence-corrected chi connectivity index (χ3v) is 5.81. The molecule has 0 atom stereocenters. The van der Waals surface area contributed by atoms with Gasteiger partial charge in [-0.3, -0.25) is 9.80 Å². The van der Waals surface area contributed by atoms with Gasteiger partial charge in [-0.05, 0) is 31.0 Å². The number of carbonyl (C=O) groups is 1. The lowest BCUT2D eigenvalue weighted by molar-refractivity contribution is 0.251. The van der Waals surface area contributed by atoms with Crippen molar-refractivity contribution in [2.45, 2.75) is 20.4 Å². The SMILES string of the molecule is Cc1ccccc1-c1cnc(-c2ccc(C)c(N3Cc4cnc(N)nc4N(C)C3=O)c2)[nH]1. The van der Waals surface area contributed by atoms with Crippen LogP contribution < -0.4 is 15.5 Å².